The largest absolute Gasteiger partial charge is 0.394 e. The summed E-state index contributed by atoms with van der Waals surface area (Å²) in [7, 11) is 0. The number of nitrogens with one attached hydrogen (secondary N) is 1. The summed E-state index contributed by atoms with van der Waals surface area (Å²) < 4.78 is 0. The van der Waals surface area contributed by atoms with Crippen LogP contribution in [0.1, 0.15) is 117 Å². The van der Waals surface area contributed by atoms with Gasteiger partial charge in [-0.25, -0.2) is 0 Å². The minimum atomic E-state index is -0.828. The van der Waals surface area contributed by atoms with Crippen molar-refractivity contribution in [3.8, 4) is 0 Å². The van der Waals surface area contributed by atoms with Gasteiger partial charge in [0.15, 0.2) is 0 Å². The maximum Gasteiger partial charge on any atom is 0.217 e. The van der Waals surface area contributed by atoms with Crippen LogP contribution in [0.25, 0.3) is 0 Å². The fourth-order valence-corrected chi connectivity index (χ4v) is 3.50. The van der Waals surface area contributed by atoms with Gasteiger partial charge in [-0.05, 0) is 12.8 Å². The van der Waals surface area contributed by atoms with E-state index < -0.39 is 12.1 Å². The zero-order valence-corrected chi connectivity index (χ0v) is 18.6. The van der Waals surface area contributed by atoms with E-state index in [9.17, 15) is 15.0 Å². The van der Waals surface area contributed by atoms with Gasteiger partial charge in [-0.3, -0.25) is 4.79 Å². The molecule has 0 aromatic carbocycles. The average molecular weight is 398 g/mol. The first kappa shape index (κ1) is 27.1. The van der Waals surface area contributed by atoms with Gasteiger partial charge in [0.2, 0.25) is 5.91 Å². The molecular formula is C24H47NO3. The number of amides is 1. The molecule has 0 saturated carbocycles. The van der Waals surface area contributed by atoms with Crippen LogP contribution in [0.15, 0.2) is 12.2 Å². The Hall–Kier alpha value is -0.870. The average Bonchev–Trinajstić information content (AvgIpc) is 2.68. The maximum absolute atomic E-state index is 11.0. The zero-order chi connectivity index (χ0) is 20.9. The van der Waals surface area contributed by atoms with E-state index in [1.54, 1.807) is 6.08 Å². The summed E-state index contributed by atoms with van der Waals surface area (Å²) in [6.45, 7) is 3.40. The summed E-state index contributed by atoms with van der Waals surface area (Å²) in [5, 5.41) is 21.6. The lowest BCUT2D eigenvalue weighted by atomic mass is 10.0. The highest BCUT2D eigenvalue weighted by Gasteiger charge is 2.15. The van der Waals surface area contributed by atoms with E-state index in [1.165, 1.54) is 96.8 Å². The number of hydrogen-bond donors (Lipinski definition) is 3. The summed E-state index contributed by atoms with van der Waals surface area (Å²) in [6.07, 6.45) is 24.2. The molecule has 0 rings (SSSR count). The third-order valence-electron chi connectivity index (χ3n) is 5.31. The van der Waals surface area contributed by atoms with Gasteiger partial charge in [0.05, 0.1) is 18.8 Å². The molecule has 0 radical (unpaired) electrons. The van der Waals surface area contributed by atoms with Crippen molar-refractivity contribution in [2.24, 2.45) is 0 Å². The van der Waals surface area contributed by atoms with E-state index in [-0.39, 0.29) is 12.5 Å². The molecule has 0 bridgehead atoms. The second kappa shape index (κ2) is 20.9. The molecule has 4 heteroatoms. The van der Waals surface area contributed by atoms with Crippen LogP contribution in [0.2, 0.25) is 0 Å². The lowest BCUT2D eigenvalue weighted by Gasteiger charge is -2.18. The Morgan fingerprint density at radius 2 is 1.25 bits per heavy atom. The Labute approximate surface area is 174 Å². The molecule has 0 aromatic heterocycles. The standard InChI is InChI=1S/C24H47NO3/c1-3-4-5-6-7-8-9-10-11-12-13-14-15-16-17-18-19-20-24(28)23(21-26)25-22(2)27/h19-20,23-24,26,28H,3-18,21H2,1-2H3,(H,25,27)/b20-19+. The Balaban J connectivity index is 3.36. The van der Waals surface area contributed by atoms with Crippen LogP contribution < -0.4 is 5.32 Å². The monoisotopic (exact) mass is 397 g/mol. The first-order valence-electron chi connectivity index (χ1n) is 11.8. The van der Waals surface area contributed by atoms with Crippen molar-refractivity contribution in [1.29, 1.82) is 0 Å². The first-order chi connectivity index (χ1) is 13.6. The van der Waals surface area contributed by atoms with E-state index in [2.05, 4.69) is 12.2 Å². The number of aliphatic hydroxyl groups excluding tert-OH is 2. The van der Waals surface area contributed by atoms with Crippen molar-refractivity contribution in [1.82, 2.24) is 5.32 Å². The summed E-state index contributed by atoms with van der Waals surface area (Å²) in [6, 6.07) is -0.616. The minimum Gasteiger partial charge on any atom is -0.394 e. The summed E-state index contributed by atoms with van der Waals surface area (Å²) >= 11 is 0. The van der Waals surface area contributed by atoms with Crippen LogP contribution in [0.4, 0.5) is 0 Å². The predicted molar refractivity (Wildman–Crippen MR) is 119 cm³/mol. The Bertz CT molecular complexity index is 371. The van der Waals surface area contributed by atoms with Crippen LogP contribution in [0.5, 0.6) is 0 Å². The molecule has 0 aromatic rings. The summed E-state index contributed by atoms with van der Waals surface area (Å²) in [4.78, 5) is 11.0. The van der Waals surface area contributed by atoms with Crippen LogP contribution >= 0.6 is 0 Å². The molecule has 0 aliphatic rings. The molecule has 166 valence electrons. The number of carbonyl (C=O) groups excluding carboxylic acids is 1. The normalized spacial score (nSPS) is 13.7. The lowest BCUT2D eigenvalue weighted by Crippen LogP contribution is -2.44. The number of rotatable bonds is 20. The lowest BCUT2D eigenvalue weighted by molar-refractivity contribution is -0.120. The first-order valence-corrected chi connectivity index (χ1v) is 11.8. The fraction of sp³-hybridized carbons (Fsp3) is 0.875. The van der Waals surface area contributed by atoms with Crippen molar-refractivity contribution in [2.45, 2.75) is 129 Å². The van der Waals surface area contributed by atoms with Crippen LogP contribution in [-0.4, -0.2) is 34.9 Å². The van der Waals surface area contributed by atoms with E-state index >= 15 is 0 Å². The van der Waals surface area contributed by atoms with Crippen molar-refractivity contribution >= 4 is 5.91 Å². The van der Waals surface area contributed by atoms with Crippen molar-refractivity contribution in [2.75, 3.05) is 6.61 Å². The highest BCUT2D eigenvalue weighted by atomic mass is 16.3. The van der Waals surface area contributed by atoms with Crippen LogP contribution in [0, 0.1) is 0 Å². The van der Waals surface area contributed by atoms with Crippen molar-refractivity contribution < 1.29 is 15.0 Å². The van der Waals surface area contributed by atoms with Gasteiger partial charge in [-0.2, -0.15) is 0 Å². The third-order valence-corrected chi connectivity index (χ3v) is 5.31. The Morgan fingerprint density at radius 1 is 0.821 bits per heavy atom. The van der Waals surface area contributed by atoms with E-state index in [0.717, 1.165) is 12.8 Å². The molecule has 4 nitrogen and oxygen atoms in total. The quantitative estimate of drug-likeness (QED) is 0.183. The molecule has 0 heterocycles. The topological polar surface area (TPSA) is 69.6 Å². The number of aliphatic hydroxyl groups is 2. The molecule has 28 heavy (non-hydrogen) atoms. The molecule has 2 unspecified atom stereocenters. The van der Waals surface area contributed by atoms with Crippen molar-refractivity contribution in [3.05, 3.63) is 12.2 Å². The second-order valence-corrected chi connectivity index (χ2v) is 8.15. The third kappa shape index (κ3) is 18.5. The molecule has 0 fully saturated rings. The van der Waals surface area contributed by atoms with Gasteiger partial charge in [0, 0.05) is 6.92 Å². The van der Waals surface area contributed by atoms with Crippen molar-refractivity contribution in [3.63, 3.8) is 0 Å². The van der Waals surface area contributed by atoms with Gasteiger partial charge in [0.25, 0.3) is 0 Å². The fourth-order valence-electron chi connectivity index (χ4n) is 3.50. The van der Waals surface area contributed by atoms with E-state index in [0.29, 0.717) is 0 Å². The van der Waals surface area contributed by atoms with Crippen LogP contribution in [-0.2, 0) is 4.79 Å². The van der Waals surface area contributed by atoms with E-state index in [1.807, 2.05) is 6.08 Å². The Kier molecular flexibility index (Phi) is 20.2. The summed E-state index contributed by atoms with van der Waals surface area (Å²) in [5.41, 5.74) is 0. The van der Waals surface area contributed by atoms with E-state index in [4.69, 9.17) is 0 Å². The highest BCUT2D eigenvalue weighted by molar-refractivity contribution is 5.73. The van der Waals surface area contributed by atoms with Gasteiger partial charge in [-0.15, -0.1) is 0 Å². The van der Waals surface area contributed by atoms with Gasteiger partial charge >= 0.3 is 0 Å². The SMILES string of the molecule is CCCCCCCCCCCCCCCCC/C=C/C(O)C(CO)NC(C)=O. The molecule has 2 atom stereocenters. The number of unbranched alkanes of at least 4 members (excludes halogenated alkanes) is 15. The highest BCUT2D eigenvalue weighted by Crippen LogP contribution is 2.13. The molecule has 0 spiro atoms. The number of carbonyl (C=O) groups is 1. The molecule has 0 saturated heterocycles. The molecule has 3 N–H and O–H groups in total. The van der Waals surface area contributed by atoms with Gasteiger partial charge in [-0.1, -0.05) is 109 Å². The zero-order valence-electron chi connectivity index (χ0n) is 18.6. The molecule has 1 amide bonds. The minimum absolute atomic E-state index is 0.242. The molecule has 0 aliphatic heterocycles. The smallest absolute Gasteiger partial charge is 0.217 e. The Morgan fingerprint density at radius 3 is 1.64 bits per heavy atom. The summed E-state index contributed by atoms with van der Waals surface area (Å²) in [5.74, 6) is -0.242. The maximum atomic E-state index is 11.0. The second-order valence-electron chi connectivity index (χ2n) is 8.15. The van der Waals surface area contributed by atoms with Gasteiger partial charge in [0.1, 0.15) is 0 Å². The molecular weight excluding hydrogens is 350 g/mol. The van der Waals surface area contributed by atoms with Gasteiger partial charge < -0.3 is 15.5 Å². The number of allylic oxidation sites excluding steroid dienone is 1. The number of hydrogen-bond acceptors (Lipinski definition) is 3. The predicted octanol–water partition coefficient (Wildman–Crippen LogP) is 5.66. The van der Waals surface area contributed by atoms with Crippen LogP contribution in [0.3, 0.4) is 0 Å². The molecule has 0 aliphatic carbocycles.